The SMILES string of the molecule is CCOC(=O)C[C@@]1(O)CC[C@H]2[C@@H]3CC=C4C[C@@H](O[C@@H]5CCCCO5)CC[C@]4(C)[C@H]3CC[C@@]21C. The lowest BCUT2D eigenvalue weighted by Gasteiger charge is -2.59. The molecule has 0 aromatic carbocycles. The van der Waals surface area contributed by atoms with E-state index in [0.29, 0.717) is 30.5 Å². The quantitative estimate of drug-likeness (QED) is 0.431. The number of carbonyl (C=O) groups excluding carboxylic acids is 1. The first-order chi connectivity index (χ1) is 15.8. The highest BCUT2D eigenvalue weighted by Crippen LogP contribution is 2.67. The molecular weight excluding hydrogens is 416 g/mol. The van der Waals surface area contributed by atoms with E-state index in [0.717, 1.165) is 64.4 Å². The van der Waals surface area contributed by atoms with Crippen LogP contribution in [0.25, 0.3) is 0 Å². The summed E-state index contributed by atoms with van der Waals surface area (Å²) in [5, 5.41) is 11.7. The second kappa shape index (κ2) is 8.95. The molecule has 0 radical (unpaired) electrons. The summed E-state index contributed by atoms with van der Waals surface area (Å²) in [6.07, 6.45) is 14.7. The minimum atomic E-state index is -0.925. The molecule has 0 unspecified atom stereocenters. The van der Waals surface area contributed by atoms with Crippen molar-refractivity contribution in [2.24, 2.45) is 28.6 Å². The largest absolute Gasteiger partial charge is 0.466 e. The van der Waals surface area contributed by atoms with Crippen molar-refractivity contribution >= 4 is 5.97 Å². The van der Waals surface area contributed by atoms with E-state index in [-0.39, 0.29) is 29.5 Å². The average Bonchev–Trinajstić information content (AvgIpc) is 3.05. The highest BCUT2D eigenvalue weighted by Gasteiger charge is 2.64. The summed E-state index contributed by atoms with van der Waals surface area (Å²) in [5.41, 5.74) is 0.741. The maximum Gasteiger partial charge on any atom is 0.308 e. The van der Waals surface area contributed by atoms with Gasteiger partial charge in [0, 0.05) is 6.61 Å². The standard InChI is InChI=1S/C28H44O5/c1-4-31-24(29)18-28(30)15-12-23-21-9-8-19-17-20(33-25-7-5-6-16-32-25)10-13-26(19,2)22(21)11-14-27(23,28)3/h8,20-23,25,30H,4-7,9-18H2,1-3H3/t20-,21+,22-,23-,25+,26-,27-,28-/m0/s1. The molecule has 1 heterocycles. The van der Waals surface area contributed by atoms with Crippen LogP contribution in [-0.2, 0) is 19.0 Å². The van der Waals surface area contributed by atoms with Gasteiger partial charge in [-0.2, -0.15) is 0 Å². The number of ether oxygens (including phenoxy) is 3. The van der Waals surface area contributed by atoms with E-state index in [9.17, 15) is 9.90 Å². The van der Waals surface area contributed by atoms with Crippen molar-refractivity contribution in [3.05, 3.63) is 11.6 Å². The van der Waals surface area contributed by atoms with Crippen LogP contribution in [0.3, 0.4) is 0 Å². The van der Waals surface area contributed by atoms with Crippen LogP contribution in [0.15, 0.2) is 11.6 Å². The molecule has 1 N–H and O–H groups in total. The third-order valence-corrected chi connectivity index (χ3v) is 10.6. The number of esters is 1. The molecule has 4 aliphatic carbocycles. The Balaban J connectivity index is 1.30. The van der Waals surface area contributed by atoms with Crippen LogP contribution in [-0.4, -0.2) is 42.3 Å². The minimum Gasteiger partial charge on any atom is -0.466 e. The van der Waals surface area contributed by atoms with Crippen LogP contribution in [0.5, 0.6) is 0 Å². The van der Waals surface area contributed by atoms with Gasteiger partial charge in [-0.05, 0) is 106 Å². The molecule has 33 heavy (non-hydrogen) atoms. The number of allylic oxidation sites excluding steroid dienone is 1. The van der Waals surface area contributed by atoms with Gasteiger partial charge in [0.1, 0.15) is 0 Å². The molecule has 5 heteroatoms. The van der Waals surface area contributed by atoms with Crippen molar-refractivity contribution in [2.75, 3.05) is 13.2 Å². The van der Waals surface area contributed by atoms with Gasteiger partial charge in [-0.1, -0.05) is 25.5 Å². The van der Waals surface area contributed by atoms with Gasteiger partial charge in [-0.15, -0.1) is 0 Å². The summed E-state index contributed by atoms with van der Waals surface area (Å²) in [7, 11) is 0. The van der Waals surface area contributed by atoms with Gasteiger partial charge in [0.05, 0.1) is 24.7 Å². The van der Waals surface area contributed by atoms with Crippen LogP contribution >= 0.6 is 0 Å². The van der Waals surface area contributed by atoms with E-state index < -0.39 is 5.60 Å². The van der Waals surface area contributed by atoms with Crippen LogP contribution in [0.1, 0.15) is 97.8 Å². The van der Waals surface area contributed by atoms with Crippen molar-refractivity contribution in [1.82, 2.24) is 0 Å². The fourth-order valence-electron chi connectivity index (χ4n) is 8.63. The summed E-state index contributed by atoms with van der Waals surface area (Å²) in [6.45, 7) is 7.82. The van der Waals surface area contributed by atoms with E-state index >= 15 is 0 Å². The number of hydrogen-bond donors (Lipinski definition) is 1. The van der Waals surface area contributed by atoms with Gasteiger partial charge in [-0.3, -0.25) is 4.79 Å². The monoisotopic (exact) mass is 460 g/mol. The molecule has 0 aromatic rings. The summed E-state index contributed by atoms with van der Waals surface area (Å²) in [5.74, 6) is 1.51. The topological polar surface area (TPSA) is 65.0 Å². The molecule has 5 rings (SSSR count). The third-order valence-electron chi connectivity index (χ3n) is 10.6. The number of rotatable bonds is 5. The molecule has 186 valence electrons. The summed E-state index contributed by atoms with van der Waals surface area (Å²) >= 11 is 0. The first-order valence-corrected chi connectivity index (χ1v) is 13.6. The summed E-state index contributed by atoms with van der Waals surface area (Å²) < 4.78 is 17.5. The van der Waals surface area contributed by atoms with E-state index in [4.69, 9.17) is 14.2 Å². The lowest BCUT2D eigenvalue weighted by Crippen LogP contribution is -2.55. The molecule has 0 spiro atoms. The van der Waals surface area contributed by atoms with Crippen LogP contribution in [0.2, 0.25) is 0 Å². The Morgan fingerprint density at radius 1 is 1.12 bits per heavy atom. The summed E-state index contributed by atoms with van der Waals surface area (Å²) in [4.78, 5) is 12.3. The Morgan fingerprint density at radius 2 is 1.94 bits per heavy atom. The highest BCUT2D eigenvalue weighted by atomic mass is 16.7. The zero-order valence-electron chi connectivity index (χ0n) is 20.9. The van der Waals surface area contributed by atoms with Crippen molar-refractivity contribution in [3.8, 4) is 0 Å². The lowest BCUT2D eigenvalue weighted by atomic mass is 9.47. The Hall–Kier alpha value is -0.910. The zero-order chi connectivity index (χ0) is 23.3. The Labute approximate surface area is 199 Å². The molecule has 1 saturated heterocycles. The van der Waals surface area contributed by atoms with Crippen molar-refractivity contribution in [2.45, 2.75) is 116 Å². The second-order valence-corrected chi connectivity index (χ2v) is 12.1. The van der Waals surface area contributed by atoms with Crippen LogP contribution in [0, 0.1) is 28.6 Å². The van der Waals surface area contributed by atoms with Crippen molar-refractivity contribution in [3.63, 3.8) is 0 Å². The van der Waals surface area contributed by atoms with Gasteiger partial charge in [0.2, 0.25) is 0 Å². The molecule has 0 amide bonds. The van der Waals surface area contributed by atoms with Gasteiger partial charge in [0.25, 0.3) is 0 Å². The van der Waals surface area contributed by atoms with Crippen LogP contribution in [0.4, 0.5) is 0 Å². The first kappa shape index (κ1) is 23.8. The fraction of sp³-hybridized carbons (Fsp3) is 0.893. The zero-order valence-corrected chi connectivity index (χ0v) is 20.9. The molecule has 1 aliphatic heterocycles. The first-order valence-electron chi connectivity index (χ1n) is 13.6. The number of aliphatic hydroxyl groups is 1. The van der Waals surface area contributed by atoms with Gasteiger partial charge in [0.15, 0.2) is 6.29 Å². The molecule has 5 aliphatic rings. The maximum atomic E-state index is 12.3. The predicted molar refractivity (Wildman–Crippen MR) is 126 cm³/mol. The Bertz CT molecular complexity index is 772. The fourth-order valence-corrected chi connectivity index (χ4v) is 8.63. The van der Waals surface area contributed by atoms with Gasteiger partial charge >= 0.3 is 5.97 Å². The normalized spacial score (nSPS) is 47.2. The minimum absolute atomic E-state index is 0.00371. The lowest BCUT2D eigenvalue weighted by molar-refractivity contribution is -0.195. The molecule has 0 bridgehead atoms. The van der Waals surface area contributed by atoms with E-state index in [1.54, 1.807) is 5.57 Å². The number of fused-ring (bicyclic) bond motifs is 5. The predicted octanol–water partition coefficient (Wildman–Crippen LogP) is 5.55. The van der Waals surface area contributed by atoms with Crippen LogP contribution < -0.4 is 0 Å². The Kier molecular flexibility index (Phi) is 6.46. The van der Waals surface area contributed by atoms with E-state index in [1.165, 1.54) is 12.8 Å². The van der Waals surface area contributed by atoms with Crippen molar-refractivity contribution < 1.29 is 24.1 Å². The van der Waals surface area contributed by atoms with Gasteiger partial charge < -0.3 is 19.3 Å². The summed E-state index contributed by atoms with van der Waals surface area (Å²) in [6, 6.07) is 0. The van der Waals surface area contributed by atoms with Crippen molar-refractivity contribution in [1.29, 1.82) is 0 Å². The number of carbonyl (C=O) groups is 1. The smallest absolute Gasteiger partial charge is 0.308 e. The Morgan fingerprint density at radius 3 is 2.70 bits per heavy atom. The molecular formula is C28H44O5. The number of hydrogen-bond acceptors (Lipinski definition) is 5. The molecule has 5 nitrogen and oxygen atoms in total. The highest BCUT2D eigenvalue weighted by molar-refractivity contribution is 5.71. The molecule has 3 saturated carbocycles. The van der Waals surface area contributed by atoms with Gasteiger partial charge in [-0.25, -0.2) is 0 Å². The molecule has 4 fully saturated rings. The molecule has 8 atom stereocenters. The van der Waals surface area contributed by atoms with E-state index in [2.05, 4.69) is 19.9 Å². The second-order valence-electron chi connectivity index (χ2n) is 12.1. The molecule has 0 aromatic heterocycles. The van der Waals surface area contributed by atoms with E-state index in [1.807, 2.05) is 6.92 Å². The third kappa shape index (κ3) is 4.00. The average molecular weight is 461 g/mol. The maximum absolute atomic E-state index is 12.3.